The summed E-state index contributed by atoms with van der Waals surface area (Å²) in [4.78, 5) is 16.3. The van der Waals surface area contributed by atoms with Crippen LogP contribution in [0.5, 0.6) is 0 Å². The molecular weight excluding hydrogens is 297 g/mol. The molecule has 5 nitrogen and oxygen atoms in total. The molecule has 0 unspecified atom stereocenters. The normalized spacial score (nSPS) is 13.5. The number of aromatic nitrogens is 2. The van der Waals surface area contributed by atoms with E-state index in [0.29, 0.717) is 11.0 Å². The molecule has 1 atom stereocenters. The van der Waals surface area contributed by atoms with Crippen molar-refractivity contribution in [3.8, 4) is 0 Å². The fraction of sp³-hybridized carbons (Fsp3) is 0.429. The highest BCUT2D eigenvalue weighted by Crippen LogP contribution is 2.15. The molecule has 1 aromatic carbocycles. The molecule has 1 heterocycles. The first-order valence-electron chi connectivity index (χ1n) is 6.81. The van der Waals surface area contributed by atoms with Crippen molar-refractivity contribution in [2.24, 2.45) is 5.92 Å². The minimum absolute atomic E-state index is 0.294. The van der Waals surface area contributed by atoms with Crippen molar-refractivity contribution in [2.75, 3.05) is 12.0 Å². The lowest BCUT2D eigenvalue weighted by Gasteiger charge is -2.22. The highest BCUT2D eigenvalue weighted by molar-refractivity contribution is 5.90. The summed E-state index contributed by atoms with van der Waals surface area (Å²) in [6.45, 7) is 2.15. The Morgan fingerprint density at radius 2 is 2.00 bits per heavy atom. The van der Waals surface area contributed by atoms with Crippen LogP contribution in [0.1, 0.15) is 13.8 Å². The molecule has 2 aromatic rings. The first-order valence-corrected chi connectivity index (χ1v) is 6.81. The van der Waals surface area contributed by atoms with E-state index in [1.807, 2.05) is 6.07 Å². The van der Waals surface area contributed by atoms with Crippen molar-refractivity contribution in [1.29, 1.82) is 0 Å². The summed E-state index contributed by atoms with van der Waals surface area (Å²) >= 11 is 0. The number of para-hydroxylation sites is 2. The van der Waals surface area contributed by atoms with Gasteiger partial charge in [-0.25, -0.2) is 9.66 Å². The predicted molar refractivity (Wildman–Crippen MR) is 76.8 cm³/mol. The summed E-state index contributed by atoms with van der Waals surface area (Å²) in [6, 6.07) is 6.18. The van der Waals surface area contributed by atoms with Gasteiger partial charge in [-0.15, -0.1) is 0 Å². The lowest BCUT2D eigenvalue weighted by molar-refractivity contribution is -0.131. The van der Waals surface area contributed by atoms with E-state index in [-0.39, 0.29) is 5.92 Å². The van der Waals surface area contributed by atoms with Crippen molar-refractivity contribution in [2.45, 2.75) is 26.1 Å². The second kappa shape index (κ2) is 6.35. The van der Waals surface area contributed by atoms with Crippen LogP contribution in [0.3, 0.4) is 0 Å². The van der Waals surface area contributed by atoms with Crippen molar-refractivity contribution in [1.82, 2.24) is 15.0 Å². The van der Waals surface area contributed by atoms with Gasteiger partial charge in [0.15, 0.2) is 0 Å². The average Bonchev–Trinajstić information content (AvgIpc) is 2.81. The molecule has 0 spiro atoms. The Bertz CT molecular complexity index is 651. The molecule has 1 aromatic heterocycles. The van der Waals surface area contributed by atoms with Crippen LogP contribution in [0.15, 0.2) is 30.6 Å². The zero-order valence-electron chi connectivity index (χ0n) is 12.2. The lowest BCUT2D eigenvalue weighted by Crippen LogP contribution is -2.49. The van der Waals surface area contributed by atoms with E-state index in [9.17, 15) is 18.0 Å². The van der Waals surface area contributed by atoms with E-state index < -0.39 is 24.7 Å². The highest BCUT2D eigenvalue weighted by Gasteiger charge is 2.31. The molecule has 0 aliphatic heterocycles. The average molecular weight is 314 g/mol. The van der Waals surface area contributed by atoms with Crippen LogP contribution in [0, 0.1) is 5.92 Å². The molecular formula is C14H17F3N4O. The van der Waals surface area contributed by atoms with Crippen LogP contribution in [0.4, 0.5) is 13.2 Å². The Kier molecular flexibility index (Phi) is 4.70. The topological polar surface area (TPSA) is 59.0 Å². The number of benzene rings is 1. The fourth-order valence-corrected chi connectivity index (χ4v) is 2.09. The molecule has 120 valence electrons. The van der Waals surface area contributed by atoms with Crippen LogP contribution in [-0.4, -0.2) is 34.3 Å². The Balaban J connectivity index is 2.11. The number of carbonyl (C=O) groups is 1. The Labute approximate surface area is 125 Å². The number of alkyl halides is 3. The van der Waals surface area contributed by atoms with Gasteiger partial charge in [0.2, 0.25) is 0 Å². The van der Waals surface area contributed by atoms with Gasteiger partial charge in [-0.2, -0.15) is 13.2 Å². The molecule has 0 saturated heterocycles. The molecule has 0 saturated carbocycles. The Hall–Kier alpha value is -2.09. The van der Waals surface area contributed by atoms with Gasteiger partial charge in [-0.3, -0.25) is 15.5 Å². The number of hydrogen-bond donors (Lipinski definition) is 2. The minimum atomic E-state index is -4.37. The van der Waals surface area contributed by atoms with Gasteiger partial charge in [0.25, 0.3) is 5.91 Å². The number of imidazole rings is 1. The van der Waals surface area contributed by atoms with Gasteiger partial charge in [-0.1, -0.05) is 26.0 Å². The van der Waals surface area contributed by atoms with Crippen LogP contribution >= 0.6 is 0 Å². The minimum Gasteiger partial charge on any atom is -0.297 e. The molecule has 2 N–H and O–H groups in total. The van der Waals surface area contributed by atoms with Gasteiger partial charge >= 0.3 is 6.18 Å². The molecule has 0 radical (unpaired) electrons. The second-order valence-corrected chi connectivity index (χ2v) is 5.30. The summed E-state index contributed by atoms with van der Waals surface area (Å²) < 4.78 is 38.4. The molecule has 8 heteroatoms. The molecule has 0 fully saturated rings. The lowest BCUT2D eigenvalue weighted by atomic mass is 10.0. The number of nitrogens with zero attached hydrogens (tertiary/aromatic N) is 2. The Morgan fingerprint density at radius 3 is 2.64 bits per heavy atom. The summed E-state index contributed by atoms with van der Waals surface area (Å²) in [5, 5.41) is 2.25. The molecule has 0 aliphatic rings. The number of nitrogens with one attached hydrogen (secondary N) is 2. The van der Waals surface area contributed by atoms with Gasteiger partial charge < -0.3 is 0 Å². The predicted octanol–water partition coefficient (Wildman–Crippen LogP) is 2.28. The standard InChI is InChI=1S/C14H17F3N4O/c1-9(2)12(18-7-14(15,16)17)13(22)20-21-8-19-10-5-3-4-6-11(10)21/h3-6,8-9,12,18H,7H2,1-2H3,(H,20,22)/t12-/m1/s1. The third-order valence-corrected chi connectivity index (χ3v) is 3.16. The third kappa shape index (κ3) is 3.97. The quantitative estimate of drug-likeness (QED) is 0.890. The van der Waals surface area contributed by atoms with E-state index in [1.54, 1.807) is 32.0 Å². The van der Waals surface area contributed by atoms with Crippen LogP contribution < -0.4 is 10.7 Å². The number of amides is 1. The van der Waals surface area contributed by atoms with Crippen molar-refractivity contribution in [3.05, 3.63) is 30.6 Å². The Morgan fingerprint density at radius 1 is 1.32 bits per heavy atom. The number of carbonyl (C=O) groups excluding carboxylic acids is 1. The van der Waals surface area contributed by atoms with Gasteiger partial charge in [0, 0.05) is 0 Å². The van der Waals surface area contributed by atoms with Crippen molar-refractivity contribution < 1.29 is 18.0 Å². The van der Waals surface area contributed by atoms with Gasteiger partial charge in [0.1, 0.15) is 6.33 Å². The SMILES string of the molecule is CC(C)[C@@H](NCC(F)(F)F)C(=O)Nn1cnc2ccccc21. The third-order valence-electron chi connectivity index (χ3n) is 3.16. The van der Waals surface area contributed by atoms with E-state index in [1.165, 1.54) is 11.0 Å². The van der Waals surface area contributed by atoms with E-state index in [0.717, 1.165) is 0 Å². The largest absolute Gasteiger partial charge is 0.401 e. The molecule has 22 heavy (non-hydrogen) atoms. The van der Waals surface area contributed by atoms with Crippen molar-refractivity contribution in [3.63, 3.8) is 0 Å². The second-order valence-electron chi connectivity index (χ2n) is 5.30. The summed E-state index contributed by atoms with van der Waals surface area (Å²) in [6.07, 6.45) is -2.95. The smallest absolute Gasteiger partial charge is 0.297 e. The van der Waals surface area contributed by atoms with Gasteiger partial charge in [0.05, 0.1) is 23.6 Å². The van der Waals surface area contributed by atoms with E-state index in [4.69, 9.17) is 0 Å². The summed E-state index contributed by atoms with van der Waals surface area (Å²) in [5.41, 5.74) is 3.93. The van der Waals surface area contributed by atoms with Crippen molar-refractivity contribution >= 4 is 16.9 Å². The molecule has 0 bridgehead atoms. The highest BCUT2D eigenvalue weighted by atomic mass is 19.4. The van der Waals surface area contributed by atoms with E-state index in [2.05, 4.69) is 15.7 Å². The maximum absolute atomic E-state index is 12.3. The van der Waals surface area contributed by atoms with Crippen LogP contribution in [0.2, 0.25) is 0 Å². The molecule has 0 aliphatic carbocycles. The number of hydrogen-bond acceptors (Lipinski definition) is 3. The van der Waals surface area contributed by atoms with Gasteiger partial charge in [-0.05, 0) is 18.1 Å². The number of rotatable bonds is 5. The molecule has 2 rings (SSSR count). The van der Waals surface area contributed by atoms with Crippen LogP contribution in [-0.2, 0) is 4.79 Å². The number of halogens is 3. The van der Waals surface area contributed by atoms with Crippen LogP contribution in [0.25, 0.3) is 11.0 Å². The maximum Gasteiger partial charge on any atom is 0.401 e. The first kappa shape index (κ1) is 16.3. The first-order chi connectivity index (χ1) is 10.3. The zero-order chi connectivity index (χ0) is 16.3. The monoisotopic (exact) mass is 314 g/mol. The number of fused-ring (bicyclic) bond motifs is 1. The fourth-order valence-electron chi connectivity index (χ4n) is 2.09. The summed E-state index contributed by atoms with van der Waals surface area (Å²) in [5.74, 6) is -0.834. The zero-order valence-corrected chi connectivity index (χ0v) is 12.2. The maximum atomic E-state index is 12.3. The molecule has 1 amide bonds. The van der Waals surface area contributed by atoms with E-state index >= 15 is 0 Å². The summed E-state index contributed by atoms with van der Waals surface area (Å²) in [7, 11) is 0.